The number of nitrogens with zero attached hydrogens (tertiary/aromatic N) is 3. The Bertz CT molecular complexity index is 1310. The number of likely N-dealkylation sites (N-methyl/N-ethyl adjacent to an activating group) is 1. The van der Waals surface area contributed by atoms with Crippen LogP contribution in [-0.2, 0) is 17.6 Å². The Morgan fingerprint density at radius 3 is 2.50 bits per heavy atom. The van der Waals surface area contributed by atoms with Crippen LogP contribution in [0.3, 0.4) is 0 Å². The molecule has 4 rings (SSSR count). The molecule has 0 unspecified atom stereocenters. The van der Waals surface area contributed by atoms with Gasteiger partial charge in [-0.2, -0.15) is 0 Å². The molecule has 8 heteroatoms. The average Bonchev–Trinajstić information content (AvgIpc) is 3.45. The molecule has 0 fully saturated rings. The molecule has 1 atom stereocenters. The molecule has 2 N–H and O–H groups in total. The van der Waals surface area contributed by atoms with E-state index in [-0.39, 0.29) is 17.7 Å². The van der Waals surface area contributed by atoms with Crippen LogP contribution < -0.4 is 10.6 Å². The summed E-state index contributed by atoms with van der Waals surface area (Å²) in [7, 11) is 3.92. The standard InChI is InChI=1S/C30H33N5O2S/c1-35(2)15-14-32-29(36)26-17-25(23-10-12-31-13-11-23)18-28(19-26)34-30(37)24(8-9-27-20-38-21-33-27)16-22-6-4-3-5-7-22/h3-7,10-13,17-21,24H,8-9,14-16H2,1-2H3,(H,32,36)(H,34,37)/t24-/m0/s1. The summed E-state index contributed by atoms with van der Waals surface area (Å²) in [6.07, 6.45) is 5.45. The van der Waals surface area contributed by atoms with Crippen molar-refractivity contribution in [3.05, 3.63) is 101 Å². The average molecular weight is 528 g/mol. The second kappa shape index (κ2) is 13.6. The van der Waals surface area contributed by atoms with Gasteiger partial charge in [0.15, 0.2) is 0 Å². The lowest BCUT2D eigenvalue weighted by Crippen LogP contribution is -2.31. The van der Waals surface area contributed by atoms with Crippen molar-refractivity contribution in [2.75, 3.05) is 32.5 Å². The third kappa shape index (κ3) is 8.06. The van der Waals surface area contributed by atoms with Crippen LogP contribution in [0.15, 0.2) is 83.9 Å². The van der Waals surface area contributed by atoms with Gasteiger partial charge < -0.3 is 15.5 Å². The SMILES string of the molecule is CN(C)CCNC(=O)c1cc(NC(=O)[C@@H](CCc2cscn2)Cc2ccccc2)cc(-c2ccncc2)c1. The number of nitrogens with one attached hydrogen (secondary N) is 2. The molecule has 0 aliphatic carbocycles. The van der Waals surface area contributed by atoms with E-state index in [4.69, 9.17) is 0 Å². The van der Waals surface area contributed by atoms with Crippen molar-refractivity contribution < 1.29 is 9.59 Å². The highest BCUT2D eigenvalue weighted by atomic mass is 32.1. The van der Waals surface area contributed by atoms with Crippen molar-refractivity contribution in [2.45, 2.75) is 19.3 Å². The smallest absolute Gasteiger partial charge is 0.251 e. The Labute approximate surface area is 228 Å². The summed E-state index contributed by atoms with van der Waals surface area (Å²) in [5, 5.41) is 8.11. The first kappa shape index (κ1) is 27.2. The summed E-state index contributed by atoms with van der Waals surface area (Å²) in [4.78, 5) is 37.1. The Balaban J connectivity index is 1.57. The molecule has 2 aromatic carbocycles. The number of anilines is 1. The molecule has 0 saturated carbocycles. The first-order valence-electron chi connectivity index (χ1n) is 12.7. The van der Waals surface area contributed by atoms with E-state index in [0.717, 1.165) is 35.3 Å². The third-order valence-electron chi connectivity index (χ3n) is 6.25. The highest BCUT2D eigenvalue weighted by Crippen LogP contribution is 2.26. The molecule has 2 heterocycles. The van der Waals surface area contributed by atoms with Crippen LogP contribution >= 0.6 is 11.3 Å². The zero-order valence-electron chi connectivity index (χ0n) is 21.8. The van der Waals surface area contributed by atoms with Gasteiger partial charge in [-0.25, -0.2) is 4.98 Å². The zero-order chi connectivity index (χ0) is 26.7. The molecule has 0 radical (unpaired) electrons. The second-order valence-electron chi connectivity index (χ2n) is 9.49. The number of amides is 2. The van der Waals surface area contributed by atoms with Gasteiger partial charge in [0.2, 0.25) is 5.91 Å². The first-order valence-corrected chi connectivity index (χ1v) is 13.6. The molecule has 0 bridgehead atoms. The van der Waals surface area contributed by atoms with E-state index in [0.29, 0.717) is 30.6 Å². The summed E-state index contributed by atoms with van der Waals surface area (Å²) in [5.74, 6) is -0.501. The van der Waals surface area contributed by atoms with Crippen molar-refractivity contribution in [3.63, 3.8) is 0 Å². The predicted molar refractivity (Wildman–Crippen MR) is 153 cm³/mol. The Kier molecular flexibility index (Phi) is 9.72. The highest BCUT2D eigenvalue weighted by Gasteiger charge is 2.21. The van der Waals surface area contributed by atoms with Crippen LogP contribution in [0.25, 0.3) is 11.1 Å². The molecule has 7 nitrogen and oxygen atoms in total. The number of benzene rings is 2. The summed E-state index contributed by atoms with van der Waals surface area (Å²) in [6, 6.07) is 19.3. The molecule has 4 aromatic rings. The fraction of sp³-hybridized carbons (Fsp3) is 0.267. The molecule has 2 aromatic heterocycles. The van der Waals surface area contributed by atoms with E-state index in [1.807, 2.05) is 84.5 Å². The van der Waals surface area contributed by atoms with E-state index < -0.39 is 0 Å². The van der Waals surface area contributed by atoms with Gasteiger partial charge in [-0.15, -0.1) is 11.3 Å². The van der Waals surface area contributed by atoms with E-state index in [2.05, 4.69) is 20.6 Å². The van der Waals surface area contributed by atoms with Gasteiger partial charge >= 0.3 is 0 Å². The van der Waals surface area contributed by atoms with E-state index >= 15 is 0 Å². The monoisotopic (exact) mass is 527 g/mol. The minimum atomic E-state index is -0.249. The summed E-state index contributed by atoms with van der Waals surface area (Å²) in [5.41, 5.74) is 6.77. The minimum Gasteiger partial charge on any atom is -0.351 e. The van der Waals surface area contributed by atoms with E-state index in [1.165, 1.54) is 0 Å². The van der Waals surface area contributed by atoms with Crippen LogP contribution in [-0.4, -0.2) is 53.9 Å². The van der Waals surface area contributed by atoms with Crippen molar-refractivity contribution in [1.29, 1.82) is 0 Å². The van der Waals surface area contributed by atoms with Gasteiger partial charge in [0, 0.05) is 48.0 Å². The van der Waals surface area contributed by atoms with Crippen molar-refractivity contribution in [2.24, 2.45) is 5.92 Å². The lowest BCUT2D eigenvalue weighted by Gasteiger charge is -2.18. The van der Waals surface area contributed by atoms with Crippen LogP contribution in [0.4, 0.5) is 5.69 Å². The number of carbonyl (C=O) groups is 2. The number of carbonyl (C=O) groups excluding carboxylic acids is 2. The highest BCUT2D eigenvalue weighted by molar-refractivity contribution is 7.07. The van der Waals surface area contributed by atoms with Crippen molar-refractivity contribution >= 4 is 28.8 Å². The molecule has 38 heavy (non-hydrogen) atoms. The van der Waals surface area contributed by atoms with Crippen LogP contribution in [0.1, 0.15) is 28.0 Å². The second-order valence-corrected chi connectivity index (χ2v) is 10.2. The fourth-order valence-electron chi connectivity index (χ4n) is 4.19. The normalized spacial score (nSPS) is 11.8. The molecule has 0 aliphatic heterocycles. The van der Waals surface area contributed by atoms with Crippen LogP contribution in [0.5, 0.6) is 0 Å². The van der Waals surface area contributed by atoms with Crippen molar-refractivity contribution in [1.82, 2.24) is 20.2 Å². The number of aryl methyl sites for hydroxylation is 1. The summed E-state index contributed by atoms with van der Waals surface area (Å²) < 4.78 is 0. The maximum Gasteiger partial charge on any atom is 0.251 e. The van der Waals surface area contributed by atoms with Crippen molar-refractivity contribution in [3.8, 4) is 11.1 Å². The number of thiazole rings is 1. The van der Waals surface area contributed by atoms with Crippen LogP contribution in [0, 0.1) is 5.92 Å². The molecular weight excluding hydrogens is 494 g/mol. The number of pyridine rings is 1. The Morgan fingerprint density at radius 2 is 1.79 bits per heavy atom. The largest absolute Gasteiger partial charge is 0.351 e. The first-order chi connectivity index (χ1) is 18.5. The topological polar surface area (TPSA) is 87.2 Å². The van der Waals surface area contributed by atoms with Crippen LogP contribution in [0.2, 0.25) is 0 Å². The third-order valence-corrected chi connectivity index (χ3v) is 6.88. The zero-order valence-corrected chi connectivity index (χ0v) is 22.6. The molecule has 196 valence electrons. The number of hydrogen-bond donors (Lipinski definition) is 2. The predicted octanol–water partition coefficient (Wildman–Crippen LogP) is 4.93. The number of hydrogen-bond acceptors (Lipinski definition) is 6. The quantitative estimate of drug-likeness (QED) is 0.273. The fourth-order valence-corrected chi connectivity index (χ4v) is 4.78. The summed E-state index contributed by atoms with van der Waals surface area (Å²) >= 11 is 1.56. The van der Waals surface area contributed by atoms with Gasteiger partial charge in [0.05, 0.1) is 11.2 Å². The molecule has 2 amide bonds. The van der Waals surface area contributed by atoms with Gasteiger partial charge in [-0.05, 0) is 80.4 Å². The van der Waals surface area contributed by atoms with E-state index in [1.54, 1.807) is 29.8 Å². The Morgan fingerprint density at radius 1 is 1.00 bits per heavy atom. The molecule has 0 spiro atoms. The molecule has 0 aliphatic rings. The minimum absolute atomic E-state index is 0.0741. The molecular formula is C30H33N5O2S. The number of aromatic nitrogens is 2. The van der Waals surface area contributed by atoms with Gasteiger partial charge in [-0.1, -0.05) is 30.3 Å². The van der Waals surface area contributed by atoms with Gasteiger partial charge in [0.1, 0.15) is 0 Å². The molecule has 0 saturated heterocycles. The lowest BCUT2D eigenvalue weighted by molar-refractivity contribution is -0.120. The summed E-state index contributed by atoms with van der Waals surface area (Å²) in [6.45, 7) is 1.27. The van der Waals surface area contributed by atoms with E-state index in [9.17, 15) is 9.59 Å². The van der Waals surface area contributed by atoms with Gasteiger partial charge in [0.25, 0.3) is 5.91 Å². The number of rotatable bonds is 12. The lowest BCUT2D eigenvalue weighted by atomic mass is 9.93. The maximum atomic E-state index is 13.6. The van der Waals surface area contributed by atoms with Gasteiger partial charge in [-0.3, -0.25) is 14.6 Å². The maximum absolute atomic E-state index is 13.6. The Hall–Kier alpha value is -3.88.